The van der Waals surface area contributed by atoms with E-state index in [2.05, 4.69) is 12.6 Å². The number of carboxylic acids is 1. The average Bonchev–Trinajstić information content (AvgIpc) is 2.06. The predicted octanol–water partition coefficient (Wildman–Crippen LogP) is -0.960. The summed E-state index contributed by atoms with van der Waals surface area (Å²) in [6, 6.07) is 1.47. The molecule has 1 N–H and O–H groups in total. The van der Waals surface area contributed by atoms with Gasteiger partial charge in [-0.05, 0) is 12.5 Å². The minimum Gasteiger partial charge on any atom is -0.478 e. The zero-order chi connectivity index (χ0) is 11.8. The minimum absolute atomic E-state index is 0. The van der Waals surface area contributed by atoms with Gasteiger partial charge < -0.3 is 18.1 Å². The molecular weight excluding hydrogens is 267 g/mol. The normalized spacial score (nSPS) is 10.8. The largest absolute Gasteiger partial charge is 1.00 e. The van der Waals surface area contributed by atoms with Crippen molar-refractivity contribution in [2.75, 3.05) is 0 Å². The smallest absolute Gasteiger partial charge is 0.478 e. The van der Waals surface area contributed by atoms with E-state index in [0.29, 0.717) is 6.07 Å². The molecule has 0 aliphatic heterocycles. The van der Waals surface area contributed by atoms with Gasteiger partial charge in [0.2, 0.25) is 0 Å². The van der Waals surface area contributed by atoms with Crippen molar-refractivity contribution in [3.63, 3.8) is 0 Å². The van der Waals surface area contributed by atoms with Crippen LogP contribution < -0.4 is 56.8 Å². The summed E-state index contributed by atoms with van der Waals surface area (Å²) < 4.78 is 37.1. The van der Waals surface area contributed by atoms with Gasteiger partial charge in [-0.1, -0.05) is 12.1 Å². The number of rotatable bonds is 2. The molecule has 0 radical (unpaired) electrons. The fraction of sp³-hybridized carbons (Fsp3) is 0.125. The molecular formula is C8H7BF3KO2S. The van der Waals surface area contributed by atoms with Crippen LogP contribution in [0.25, 0.3) is 0 Å². The Hall–Kier alpha value is 0.531. The third-order valence-corrected chi connectivity index (χ3v) is 2.48. The van der Waals surface area contributed by atoms with Crippen molar-refractivity contribution >= 4 is 31.0 Å². The SMILES string of the molecule is Cc1c(S)cc([B-](F)(F)F)cc1C(=O)O.[K+]. The molecule has 2 nitrogen and oxygen atoms in total. The van der Waals surface area contributed by atoms with Gasteiger partial charge in [0.15, 0.2) is 0 Å². The summed E-state index contributed by atoms with van der Waals surface area (Å²) in [5, 5.41) is 8.69. The van der Waals surface area contributed by atoms with E-state index >= 15 is 0 Å². The van der Waals surface area contributed by atoms with Crippen LogP contribution in [0.4, 0.5) is 12.9 Å². The van der Waals surface area contributed by atoms with Gasteiger partial charge in [-0.15, -0.1) is 18.1 Å². The van der Waals surface area contributed by atoms with E-state index in [9.17, 15) is 17.7 Å². The molecule has 0 aliphatic carbocycles. The van der Waals surface area contributed by atoms with Crippen LogP contribution in [0.15, 0.2) is 17.0 Å². The maximum atomic E-state index is 12.4. The number of aromatic carboxylic acids is 1. The summed E-state index contributed by atoms with van der Waals surface area (Å²) in [5.74, 6) is -1.38. The maximum absolute atomic E-state index is 12.4. The van der Waals surface area contributed by atoms with E-state index in [4.69, 9.17) is 5.11 Å². The van der Waals surface area contributed by atoms with Crippen LogP contribution in [-0.4, -0.2) is 18.1 Å². The van der Waals surface area contributed by atoms with Crippen molar-refractivity contribution in [1.82, 2.24) is 0 Å². The van der Waals surface area contributed by atoms with Gasteiger partial charge in [0, 0.05) is 4.90 Å². The summed E-state index contributed by atoms with van der Waals surface area (Å²) >= 11 is 3.81. The molecule has 16 heavy (non-hydrogen) atoms. The summed E-state index contributed by atoms with van der Waals surface area (Å²) in [5.41, 5.74) is -1.07. The molecule has 0 aromatic heterocycles. The Kier molecular flexibility index (Phi) is 6.12. The van der Waals surface area contributed by atoms with Crippen molar-refractivity contribution in [3.8, 4) is 0 Å². The zero-order valence-corrected chi connectivity index (χ0v) is 12.7. The van der Waals surface area contributed by atoms with Crippen LogP contribution in [0.1, 0.15) is 15.9 Å². The van der Waals surface area contributed by atoms with E-state index in [1.54, 1.807) is 0 Å². The van der Waals surface area contributed by atoms with Crippen molar-refractivity contribution < 1.29 is 74.2 Å². The van der Waals surface area contributed by atoms with Crippen molar-refractivity contribution in [1.29, 1.82) is 0 Å². The van der Waals surface area contributed by atoms with Crippen LogP contribution in [0.2, 0.25) is 0 Å². The van der Waals surface area contributed by atoms with E-state index in [1.807, 2.05) is 0 Å². The van der Waals surface area contributed by atoms with Crippen molar-refractivity contribution in [2.45, 2.75) is 11.8 Å². The Morgan fingerprint density at radius 3 is 2.25 bits per heavy atom. The second-order valence-electron chi connectivity index (χ2n) is 3.09. The third-order valence-electron chi connectivity index (χ3n) is 2.01. The quantitative estimate of drug-likeness (QED) is 0.538. The standard InChI is InChI=1S/C8H7BF3O2S.K/c1-4-6(8(13)14)2-5(3-7(4)15)9(10,11)12;/h2-3,15H,1H3,(H,13,14);/q-1;+1. The summed E-state index contributed by atoms with van der Waals surface area (Å²) in [4.78, 5) is 10.7. The summed E-state index contributed by atoms with van der Waals surface area (Å²) in [6.07, 6.45) is 0. The molecule has 1 rings (SSSR count). The maximum Gasteiger partial charge on any atom is 1.00 e. The average molecular weight is 274 g/mol. The number of hydrogen-bond acceptors (Lipinski definition) is 2. The molecule has 0 atom stereocenters. The van der Waals surface area contributed by atoms with Crippen LogP contribution in [0.5, 0.6) is 0 Å². The second kappa shape index (κ2) is 5.92. The van der Waals surface area contributed by atoms with Crippen molar-refractivity contribution in [2.24, 2.45) is 0 Å². The summed E-state index contributed by atoms with van der Waals surface area (Å²) in [7, 11) is 0. The number of halogens is 3. The number of carboxylic acid groups (broad SMARTS) is 1. The van der Waals surface area contributed by atoms with E-state index in [1.165, 1.54) is 6.92 Å². The molecule has 0 heterocycles. The molecule has 0 aliphatic rings. The Bertz CT molecular complexity index is 422. The monoisotopic (exact) mass is 274 g/mol. The van der Waals surface area contributed by atoms with Gasteiger partial charge in [0.25, 0.3) is 0 Å². The fourth-order valence-corrected chi connectivity index (χ4v) is 1.40. The van der Waals surface area contributed by atoms with Gasteiger partial charge in [0.05, 0.1) is 5.56 Å². The van der Waals surface area contributed by atoms with Gasteiger partial charge in [-0.3, -0.25) is 0 Å². The molecule has 0 spiro atoms. The molecule has 0 fully saturated rings. The number of carbonyl (C=O) groups is 1. The van der Waals surface area contributed by atoms with E-state index in [0.717, 1.165) is 6.07 Å². The molecule has 1 aromatic carbocycles. The molecule has 0 saturated heterocycles. The van der Waals surface area contributed by atoms with Gasteiger partial charge in [-0.25, -0.2) is 4.79 Å². The minimum atomic E-state index is -5.20. The summed E-state index contributed by atoms with van der Waals surface area (Å²) in [6.45, 7) is -3.78. The first-order valence-electron chi connectivity index (χ1n) is 4.00. The van der Waals surface area contributed by atoms with Gasteiger partial charge in [0.1, 0.15) is 0 Å². The van der Waals surface area contributed by atoms with Crippen LogP contribution >= 0.6 is 12.6 Å². The number of hydrogen-bond donors (Lipinski definition) is 2. The fourth-order valence-electron chi connectivity index (χ4n) is 1.13. The Balaban J connectivity index is 0.00000225. The first-order chi connectivity index (χ1) is 6.73. The van der Waals surface area contributed by atoms with Crippen LogP contribution in [0, 0.1) is 6.92 Å². The molecule has 0 bridgehead atoms. The Morgan fingerprint density at radius 1 is 1.38 bits per heavy atom. The molecule has 0 amide bonds. The number of thiol groups is 1. The first kappa shape index (κ1) is 16.5. The van der Waals surface area contributed by atoms with E-state index < -0.39 is 18.4 Å². The Morgan fingerprint density at radius 2 is 1.88 bits per heavy atom. The molecule has 82 valence electrons. The molecule has 1 aromatic rings. The predicted molar refractivity (Wildman–Crippen MR) is 54.1 cm³/mol. The Labute approximate surface area is 138 Å². The van der Waals surface area contributed by atoms with Crippen molar-refractivity contribution in [3.05, 3.63) is 23.3 Å². The zero-order valence-electron chi connectivity index (χ0n) is 8.67. The first-order valence-corrected chi connectivity index (χ1v) is 4.45. The molecule has 8 heteroatoms. The van der Waals surface area contributed by atoms with Crippen LogP contribution in [0.3, 0.4) is 0 Å². The third kappa shape index (κ3) is 3.78. The van der Waals surface area contributed by atoms with Gasteiger partial charge >= 0.3 is 64.3 Å². The topological polar surface area (TPSA) is 37.3 Å². The number of benzene rings is 1. The van der Waals surface area contributed by atoms with Gasteiger partial charge in [-0.2, -0.15) is 0 Å². The second-order valence-corrected chi connectivity index (χ2v) is 3.57. The molecule has 0 saturated carbocycles. The van der Waals surface area contributed by atoms with Crippen LogP contribution in [-0.2, 0) is 0 Å². The molecule has 0 unspecified atom stereocenters. The van der Waals surface area contributed by atoms with E-state index in [-0.39, 0.29) is 67.4 Å².